The van der Waals surface area contributed by atoms with E-state index >= 15 is 0 Å². The summed E-state index contributed by atoms with van der Waals surface area (Å²) < 4.78 is 22.6. The Hall–Kier alpha value is -0.130. The van der Waals surface area contributed by atoms with Crippen LogP contribution in [-0.4, -0.2) is 45.1 Å². The summed E-state index contributed by atoms with van der Waals surface area (Å²) in [6.07, 6.45) is 2.36. The van der Waals surface area contributed by atoms with Crippen molar-refractivity contribution >= 4 is 9.84 Å². The van der Waals surface area contributed by atoms with Crippen LogP contribution in [0.4, 0.5) is 0 Å². The second kappa shape index (κ2) is 4.86. The zero-order valence-corrected chi connectivity index (χ0v) is 12.4. The maximum atomic E-state index is 11.6. The zero-order chi connectivity index (χ0) is 13.3. The number of hydrogen-bond acceptors (Lipinski definition) is 4. The van der Waals surface area contributed by atoms with Crippen LogP contribution >= 0.6 is 0 Å². The van der Waals surface area contributed by atoms with E-state index in [9.17, 15) is 8.42 Å². The number of piperidine rings is 1. The van der Waals surface area contributed by atoms with Crippen molar-refractivity contribution in [2.45, 2.75) is 44.9 Å². The van der Waals surface area contributed by atoms with E-state index in [1.165, 1.54) is 6.26 Å². The lowest BCUT2D eigenvalue weighted by Gasteiger charge is -2.41. The van der Waals surface area contributed by atoms with Gasteiger partial charge in [0.05, 0.1) is 4.75 Å². The van der Waals surface area contributed by atoms with Crippen LogP contribution in [0.3, 0.4) is 0 Å². The fraction of sp³-hybridized carbons (Fsp3) is 1.00. The third-order valence-electron chi connectivity index (χ3n) is 3.91. The molecule has 1 saturated heterocycles. The maximum absolute atomic E-state index is 11.6. The molecule has 0 spiro atoms. The van der Waals surface area contributed by atoms with Crippen LogP contribution in [0.15, 0.2) is 0 Å². The second-order valence-corrected chi connectivity index (χ2v) is 9.07. The third-order valence-corrected chi connectivity index (χ3v) is 6.06. The average molecular weight is 262 g/mol. The summed E-state index contributed by atoms with van der Waals surface area (Å²) in [4.78, 5) is 0. The Balaban J connectivity index is 2.62. The van der Waals surface area contributed by atoms with Crippen molar-refractivity contribution in [1.82, 2.24) is 10.6 Å². The molecule has 1 fully saturated rings. The topological polar surface area (TPSA) is 58.2 Å². The molecule has 1 heterocycles. The average Bonchev–Trinajstić information content (AvgIpc) is 2.13. The maximum Gasteiger partial charge on any atom is 0.153 e. The molecular weight excluding hydrogens is 236 g/mol. The molecule has 17 heavy (non-hydrogen) atoms. The Kier molecular flexibility index (Phi) is 4.27. The van der Waals surface area contributed by atoms with E-state index in [-0.39, 0.29) is 5.41 Å². The van der Waals surface area contributed by atoms with Crippen molar-refractivity contribution in [3.05, 3.63) is 0 Å². The lowest BCUT2D eigenvalue weighted by Crippen LogP contribution is -2.56. The molecule has 0 aromatic rings. The summed E-state index contributed by atoms with van der Waals surface area (Å²) in [5, 5.41) is 6.81. The van der Waals surface area contributed by atoms with Gasteiger partial charge >= 0.3 is 0 Å². The number of hydrogen-bond donors (Lipinski definition) is 2. The van der Waals surface area contributed by atoms with Gasteiger partial charge in [0.25, 0.3) is 0 Å². The smallest absolute Gasteiger partial charge is 0.153 e. The first-order valence-corrected chi connectivity index (χ1v) is 8.09. The van der Waals surface area contributed by atoms with Crippen molar-refractivity contribution in [1.29, 1.82) is 0 Å². The van der Waals surface area contributed by atoms with E-state index in [1.54, 1.807) is 13.8 Å². The minimum atomic E-state index is -3.02. The lowest BCUT2D eigenvalue weighted by atomic mass is 9.80. The Morgan fingerprint density at radius 3 is 2.47 bits per heavy atom. The largest absolute Gasteiger partial charge is 0.316 e. The van der Waals surface area contributed by atoms with Crippen LogP contribution in [0, 0.1) is 5.41 Å². The van der Waals surface area contributed by atoms with Gasteiger partial charge < -0.3 is 10.6 Å². The predicted octanol–water partition coefficient (Wildman–Crippen LogP) is 0.787. The first-order valence-electron chi connectivity index (χ1n) is 6.20. The minimum absolute atomic E-state index is 0.172. The summed E-state index contributed by atoms with van der Waals surface area (Å²) in [5.41, 5.74) is 0.172. The number of sulfone groups is 1. The van der Waals surface area contributed by atoms with Crippen LogP contribution in [0.25, 0.3) is 0 Å². The Labute approximate surface area is 105 Å². The fourth-order valence-electron chi connectivity index (χ4n) is 2.05. The Morgan fingerprint density at radius 2 is 2.00 bits per heavy atom. The Bertz CT molecular complexity index is 361. The highest BCUT2D eigenvalue weighted by molar-refractivity contribution is 7.92. The number of rotatable bonds is 4. The molecular formula is C12H26N2O2S. The van der Waals surface area contributed by atoms with Gasteiger partial charge in [0.2, 0.25) is 0 Å². The highest BCUT2D eigenvalue weighted by Gasteiger charge is 2.35. The van der Waals surface area contributed by atoms with Crippen molar-refractivity contribution in [3.8, 4) is 0 Å². The van der Waals surface area contributed by atoms with Gasteiger partial charge in [-0.05, 0) is 32.2 Å². The quantitative estimate of drug-likeness (QED) is 0.786. The summed E-state index contributed by atoms with van der Waals surface area (Å²) in [6.45, 7) is 10.5. The van der Waals surface area contributed by atoms with E-state index < -0.39 is 14.6 Å². The summed E-state index contributed by atoms with van der Waals surface area (Å²) in [5.74, 6) is 0. The van der Waals surface area contributed by atoms with Gasteiger partial charge in [-0.15, -0.1) is 0 Å². The number of nitrogens with one attached hydrogen (secondary N) is 2. The SMILES string of the molecule is CC1(C)CNCCC1NCC(C)(C)S(C)(=O)=O. The van der Waals surface area contributed by atoms with Gasteiger partial charge in [0, 0.05) is 25.4 Å². The van der Waals surface area contributed by atoms with Crippen LogP contribution in [0.1, 0.15) is 34.1 Å². The van der Waals surface area contributed by atoms with E-state index in [0.29, 0.717) is 12.6 Å². The van der Waals surface area contributed by atoms with Crippen molar-refractivity contribution in [2.75, 3.05) is 25.9 Å². The van der Waals surface area contributed by atoms with Gasteiger partial charge in [-0.2, -0.15) is 0 Å². The van der Waals surface area contributed by atoms with E-state index in [0.717, 1.165) is 19.5 Å². The molecule has 0 aromatic carbocycles. The first-order chi connectivity index (χ1) is 7.56. The highest BCUT2D eigenvalue weighted by atomic mass is 32.2. The summed E-state index contributed by atoms with van der Waals surface area (Å²) in [6, 6.07) is 0.379. The molecule has 1 unspecified atom stereocenters. The van der Waals surface area contributed by atoms with E-state index in [1.807, 2.05) is 0 Å². The van der Waals surface area contributed by atoms with Gasteiger partial charge in [-0.3, -0.25) is 0 Å². The summed E-state index contributed by atoms with van der Waals surface area (Å²) in [7, 11) is -3.02. The fourth-order valence-corrected chi connectivity index (χ4v) is 2.39. The minimum Gasteiger partial charge on any atom is -0.316 e. The van der Waals surface area contributed by atoms with Crippen LogP contribution in [-0.2, 0) is 9.84 Å². The third kappa shape index (κ3) is 3.66. The van der Waals surface area contributed by atoms with Crippen molar-refractivity contribution in [2.24, 2.45) is 5.41 Å². The highest BCUT2D eigenvalue weighted by Crippen LogP contribution is 2.26. The second-order valence-electron chi connectivity index (χ2n) is 6.42. The van der Waals surface area contributed by atoms with Gasteiger partial charge in [-0.25, -0.2) is 8.42 Å². The monoisotopic (exact) mass is 262 g/mol. The molecule has 0 amide bonds. The van der Waals surface area contributed by atoms with E-state index in [4.69, 9.17) is 0 Å². The molecule has 102 valence electrons. The van der Waals surface area contributed by atoms with Gasteiger partial charge in [0.15, 0.2) is 9.84 Å². The first kappa shape index (κ1) is 14.9. The molecule has 0 radical (unpaired) electrons. The van der Waals surface area contributed by atoms with Crippen LogP contribution in [0.2, 0.25) is 0 Å². The standard InChI is InChI=1S/C12H26N2O2S/c1-11(2)8-13-7-6-10(11)14-9-12(3,4)17(5,15)16/h10,13-14H,6-9H2,1-5H3. The van der Waals surface area contributed by atoms with Crippen molar-refractivity contribution in [3.63, 3.8) is 0 Å². The molecule has 1 atom stereocenters. The molecule has 0 saturated carbocycles. The molecule has 1 aliphatic heterocycles. The van der Waals surface area contributed by atoms with E-state index in [2.05, 4.69) is 24.5 Å². The van der Waals surface area contributed by atoms with Gasteiger partial charge in [-0.1, -0.05) is 13.8 Å². The molecule has 4 nitrogen and oxygen atoms in total. The molecule has 0 bridgehead atoms. The summed E-state index contributed by atoms with van der Waals surface area (Å²) >= 11 is 0. The van der Waals surface area contributed by atoms with Crippen LogP contribution in [0.5, 0.6) is 0 Å². The van der Waals surface area contributed by atoms with Crippen molar-refractivity contribution < 1.29 is 8.42 Å². The Morgan fingerprint density at radius 1 is 1.41 bits per heavy atom. The normalized spacial score (nSPS) is 25.8. The molecule has 2 N–H and O–H groups in total. The lowest BCUT2D eigenvalue weighted by molar-refractivity contribution is 0.182. The molecule has 5 heteroatoms. The molecule has 1 aliphatic rings. The zero-order valence-electron chi connectivity index (χ0n) is 11.6. The molecule has 0 aromatic heterocycles. The molecule has 1 rings (SSSR count). The molecule has 0 aliphatic carbocycles. The predicted molar refractivity (Wildman–Crippen MR) is 72.0 cm³/mol. The van der Waals surface area contributed by atoms with Gasteiger partial charge in [0.1, 0.15) is 0 Å². The van der Waals surface area contributed by atoms with Crippen LogP contribution < -0.4 is 10.6 Å².